The van der Waals surface area contributed by atoms with Gasteiger partial charge in [-0.15, -0.1) is 0 Å². The number of carbonyl (C=O) groups excluding carboxylic acids is 4. The summed E-state index contributed by atoms with van der Waals surface area (Å²) < 4.78 is 5.15. The van der Waals surface area contributed by atoms with Gasteiger partial charge in [-0.3, -0.25) is 19.7 Å². The minimum Gasteiger partial charge on any atom is -0.481 e. The summed E-state index contributed by atoms with van der Waals surface area (Å²) in [6, 6.07) is 7.87. The largest absolute Gasteiger partial charge is 0.481 e. The van der Waals surface area contributed by atoms with E-state index in [1.54, 1.807) is 12.1 Å². The van der Waals surface area contributed by atoms with Gasteiger partial charge in [-0.2, -0.15) is 0 Å². The van der Waals surface area contributed by atoms with Crippen LogP contribution in [0.2, 0.25) is 15.1 Å². The summed E-state index contributed by atoms with van der Waals surface area (Å²) in [4.78, 5) is 49.0. The van der Waals surface area contributed by atoms with Gasteiger partial charge in [0.25, 0.3) is 17.7 Å². The molecule has 11 heteroatoms. The summed E-state index contributed by atoms with van der Waals surface area (Å²) in [7, 11) is 0. The highest BCUT2D eigenvalue weighted by atomic mass is 35.5. The molecule has 0 aromatic heterocycles. The van der Waals surface area contributed by atoms with E-state index in [9.17, 15) is 19.2 Å². The number of carbonyl (C=O) groups is 4. The molecule has 0 bridgehead atoms. The van der Waals surface area contributed by atoms with Crippen LogP contribution in [0.5, 0.6) is 5.75 Å². The second-order valence-corrected chi connectivity index (χ2v) is 7.26. The third-order valence-electron chi connectivity index (χ3n) is 3.86. The van der Waals surface area contributed by atoms with Crippen LogP contribution in [0.25, 0.3) is 6.08 Å². The van der Waals surface area contributed by atoms with Crippen LogP contribution in [-0.2, 0) is 14.4 Å². The number of barbiturate groups is 1. The van der Waals surface area contributed by atoms with Crippen LogP contribution < -0.4 is 20.7 Å². The average Bonchev–Trinajstić information content (AvgIpc) is 2.64. The van der Waals surface area contributed by atoms with Gasteiger partial charge in [0.05, 0.1) is 15.7 Å². The molecule has 1 fully saturated rings. The lowest BCUT2D eigenvalue weighted by Crippen LogP contribution is -2.54. The predicted octanol–water partition coefficient (Wildman–Crippen LogP) is 3.18. The average molecular weight is 469 g/mol. The molecule has 2 aromatic rings. The zero-order valence-corrected chi connectivity index (χ0v) is 17.2. The Bertz CT molecular complexity index is 1090. The molecule has 0 aliphatic carbocycles. The second-order valence-electron chi connectivity index (χ2n) is 6.01. The van der Waals surface area contributed by atoms with Gasteiger partial charge in [0.2, 0.25) is 0 Å². The fourth-order valence-electron chi connectivity index (χ4n) is 2.62. The van der Waals surface area contributed by atoms with Crippen LogP contribution in [0.15, 0.2) is 42.0 Å². The van der Waals surface area contributed by atoms with Gasteiger partial charge in [0.15, 0.2) is 12.4 Å². The smallest absolute Gasteiger partial charge is 0.335 e. The highest BCUT2D eigenvalue weighted by Crippen LogP contribution is 2.35. The highest BCUT2D eigenvalue weighted by molar-refractivity contribution is 6.40. The van der Waals surface area contributed by atoms with E-state index >= 15 is 0 Å². The number of anilines is 1. The Morgan fingerprint density at radius 2 is 1.77 bits per heavy atom. The van der Waals surface area contributed by atoms with Crippen LogP contribution in [0.3, 0.4) is 0 Å². The maximum Gasteiger partial charge on any atom is 0.335 e. The minimum atomic E-state index is -0.907. The van der Waals surface area contributed by atoms with Crippen LogP contribution in [0.4, 0.5) is 10.5 Å². The van der Waals surface area contributed by atoms with Crippen LogP contribution in [0, 0.1) is 0 Å². The molecule has 2 aromatic carbocycles. The van der Waals surface area contributed by atoms with Crippen molar-refractivity contribution >= 4 is 70.3 Å². The molecule has 1 aliphatic heterocycles. The summed E-state index contributed by atoms with van der Waals surface area (Å²) in [6.07, 6.45) is 1.22. The van der Waals surface area contributed by atoms with Crippen molar-refractivity contribution in [3.05, 3.63) is 62.6 Å². The number of halogens is 3. The molecule has 1 aliphatic rings. The number of nitrogens with one attached hydrogen (secondary N) is 1. The summed E-state index contributed by atoms with van der Waals surface area (Å²) in [5.41, 5.74) is 5.17. The van der Waals surface area contributed by atoms with Crippen molar-refractivity contribution in [3.63, 3.8) is 0 Å². The van der Waals surface area contributed by atoms with E-state index in [0.29, 0.717) is 5.02 Å². The lowest BCUT2D eigenvalue weighted by Gasteiger charge is -2.26. The molecule has 3 rings (SSSR count). The SMILES string of the molecule is NC(=O)COc1c(Cl)cc(/C=C2\C(=O)NC(=O)N(c3cccc(Cl)c3)C2=O)cc1Cl. The Labute approximate surface area is 185 Å². The Hall–Kier alpha value is -3.07. The maximum atomic E-state index is 12.9. The summed E-state index contributed by atoms with van der Waals surface area (Å²) in [5, 5.41) is 2.46. The molecule has 8 nitrogen and oxygen atoms in total. The molecule has 0 unspecified atom stereocenters. The molecule has 1 saturated heterocycles. The predicted molar refractivity (Wildman–Crippen MR) is 112 cm³/mol. The van der Waals surface area contributed by atoms with E-state index in [1.165, 1.54) is 30.3 Å². The quantitative estimate of drug-likeness (QED) is 0.516. The number of hydrogen-bond acceptors (Lipinski definition) is 5. The number of nitrogens with zero attached hydrogens (tertiary/aromatic N) is 1. The molecule has 1 heterocycles. The Kier molecular flexibility index (Phi) is 6.31. The van der Waals surface area contributed by atoms with Gasteiger partial charge in [-0.1, -0.05) is 40.9 Å². The van der Waals surface area contributed by atoms with Gasteiger partial charge in [-0.05, 0) is 42.0 Å². The van der Waals surface area contributed by atoms with Crippen molar-refractivity contribution in [3.8, 4) is 5.75 Å². The number of urea groups is 1. The first-order valence-corrected chi connectivity index (χ1v) is 9.38. The number of imide groups is 2. The fraction of sp³-hybridized carbons (Fsp3) is 0.0526. The first kappa shape index (κ1) is 21.6. The lowest BCUT2D eigenvalue weighted by molar-refractivity contribution is -0.123. The van der Waals surface area contributed by atoms with E-state index < -0.39 is 30.4 Å². The van der Waals surface area contributed by atoms with Gasteiger partial charge < -0.3 is 10.5 Å². The summed E-state index contributed by atoms with van der Waals surface area (Å²) in [6.45, 7) is -0.433. The third-order valence-corrected chi connectivity index (χ3v) is 4.66. The van der Waals surface area contributed by atoms with Crippen LogP contribution >= 0.6 is 34.8 Å². The van der Waals surface area contributed by atoms with E-state index in [-0.39, 0.29) is 32.6 Å². The van der Waals surface area contributed by atoms with Crippen LogP contribution in [-0.4, -0.2) is 30.4 Å². The number of ether oxygens (including phenoxy) is 1. The van der Waals surface area contributed by atoms with Crippen molar-refractivity contribution < 1.29 is 23.9 Å². The molecule has 0 saturated carbocycles. The molecule has 0 radical (unpaired) electrons. The summed E-state index contributed by atoms with van der Waals surface area (Å²) in [5.74, 6) is -2.44. The van der Waals surface area contributed by atoms with E-state index in [1.807, 2.05) is 0 Å². The van der Waals surface area contributed by atoms with Crippen molar-refractivity contribution in [2.75, 3.05) is 11.5 Å². The molecular weight excluding hydrogens is 457 g/mol. The van der Waals surface area contributed by atoms with Gasteiger partial charge in [0, 0.05) is 5.02 Å². The molecule has 0 atom stereocenters. The normalized spacial score (nSPS) is 15.4. The van der Waals surface area contributed by atoms with Crippen molar-refractivity contribution in [2.24, 2.45) is 5.73 Å². The topological polar surface area (TPSA) is 119 Å². The highest BCUT2D eigenvalue weighted by Gasteiger charge is 2.36. The Morgan fingerprint density at radius 1 is 1.10 bits per heavy atom. The van der Waals surface area contributed by atoms with Gasteiger partial charge in [0.1, 0.15) is 5.57 Å². The van der Waals surface area contributed by atoms with Crippen molar-refractivity contribution in [1.82, 2.24) is 5.32 Å². The molecule has 0 spiro atoms. The van der Waals surface area contributed by atoms with Crippen molar-refractivity contribution in [2.45, 2.75) is 0 Å². The zero-order chi connectivity index (χ0) is 22.0. The number of hydrogen-bond donors (Lipinski definition) is 2. The number of nitrogens with two attached hydrogens (primary N) is 1. The first-order valence-electron chi connectivity index (χ1n) is 8.24. The molecule has 154 valence electrons. The van der Waals surface area contributed by atoms with Gasteiger partial charge in [-0.25, -0.2) is 9.69 Å². The van der Waals surface area contributed by atoms with Crippen molar-refractivity contribution in [1.29, 1.82) is 0 Å². The lowest BCUT2D eigenvalue weighted by atomic mass is 10.1. The monoisotopic (exact) mass is 467 g/mol. The number of benzene rings is 2. The van der Waals surface area contributed by atoms with E-state index in [0.717, 1.165) is 4.90 Å². The van der Waals surface area contributed by atoms with E-state index in [2.05, 4.69) is 5.32 Å². The van der Waals surface area contributed by atoms with E-state index in [4.69, 9.17) is 45.3 Å². The first-order chi connectivity index (χ1) is 14.2. The summed E-state index contributed by atoms with van der Waals surface area (Å²) >= 11 is 18.2. The Morgan fingerprint density at radius 3 is 2.37 bits per heavy atom. The standard InChI is InChI=1S/C19H12Cl3N3O5/c20-10-2-1-3-11(7-10)25-18(28)12(17(27)24-19(25)29)4-9-5-13(21)16(14(22)6-9)30-8-15(23)26/h1-7H,8H2,(H2,23,26)(H,24,27,29)/b12-4+. The third kappa shape index (κ3) is 4.56. The fourth-order valence-corrected chi connectivity index (χ4v) is 3.42. The molecule has 3 N–H and O–H groups in total. The molecule has 5 amide bonds. The number of amides is 5. The molecular formula is C19H12Cl3N3O5. The number of primary amides is 1. The van der Waals surface area contributed by atoms with Gasteiger partial charge >= 0.3 is 6.03 Å². The minimum absolute atomic E-state index is 0.0226. The zero-order valence-electron chi connectivity index (χ0n) is 14.9. The molecule has 30 heavy (non-hydrogen) atoms. The van der Waals surface area contributed by atoms with Crippen LogP contribution in [0.1, 0.15) is 5.56 Å². The Balaban J connectivity index is 1.97. The number of rotatable bonds is 5. The maximum absolute atomic E-state index is 12.9. The second kappa shape index (κ2) is 8.74.